The van der Waals surface area contributed by atoms with Gasteiger partial charge in [-0.2, -0.15) is 0 Å². The topological polar surface area (TPSA) is 118 Å². The van der Waals surface area contributed by atoms with Gasteiger partial charge in [0.25, 0.3) is 0 Å². The zero-order chi connectivity index (χ0) is 30.5. The molecule has 42 heavy (non-hydrogen) atoms. The van der Waals surface area contributed by atoms with E-state index < -0.39 is 20.5 Å². The van der Waals surface area contributed by atoms with Gasteiger partial charge in [-0.3, -0.25) is 4.79 Å². The Bertz CT molecular complexity index is 1560. The third kappa shape index (κ3) is 7.60. The number of rotatable bonds is 11. The fourth-order valence-corrected chi connectivity index (χ4v) is 5.80. The lowest BCUT2D eigenvalue weighted by Crippen LogP contribution is -2.45. The Morgan fingerprint density at radius 3 is 2.31 bits per heavy atom. The van der Waals surface area contributed by atoms with E-state index >= 15 is 0 Å². The van der Waals surface area contributed by atoms with Crippen LogP contribution >= 0.6 is 0 Å². The van der Waals surface area contributed by atoms with E-state index in [0.717, 1.165) is 22.1 Å². The Kier molecular flexibility index (Phi) is 9.43. The van der Waals surface area contributed by atoms with Gasteiger partial charge in [0.1, 0.15) is 12.4 Å². The van der Waals surface area contributed by atoms with Crippen LogP contribution < -0.4 is 16.0 Å². The molecule has 9 heteroatoms. The number of carbonyl (C=O) groups is 1. The Morgan fingerprint density at radius 1 is 0.976 bits per heavy atom. The van der Waals surface area contributed by atoms with Crippen LogP contribution in [0.1, 0.15) is 43.6 Å². The summed E-state index contributed by atoms with van der Waals surface area (Å²) in [4.78, 5) is 29.3. The van der Waals surface area contributed by atoms with E-state index in [2.05, 4.69) is 38.8 Å². The lowest BCUT2D eigenvalue weighted by atomic mass is 10.0. The summed E-state index contributed by atoms with van der Waals surface area (Å²) in [5, 5.41) is 10.9. The summed E-state index contributed by atoms with van der Waals surface area (Å²) in [5.74, 6) is 0.542. The summed E-state index contributed by atoms with van der Waals surface area (Å²) < 4.78 is 13.1. The highest BCUT2D eigenvalue weighted by atomic mass is 28.4. The summed E-state index contributed by atoms with van der Waals surface area (Å²) in [6.45, 7) is 11.5. The van der Waals surface area contributed by atoms with Crippen LogP contribution in [0.25, 0.3) is 10.9 Å². The predicted molar refractivity (Wildman–Crippen MR) is 171 cm³/mol. The van der Waals surface area contributed by atoms with Crippen LogP contribution in [0.4, 0.5) is 10.5 Å². The van der Waals surface area contributed by atoms with Gasteiger partial charge in [0.05, 0.1) is 18.2 Å². The minimum Gasteiger partial charge on any atom is -0.487 e. The van der Waals surface area contributed by atoms with Crippen LogP contribution in [0, 0.1) is 0 Å². The monoisotopic (exact) mass is 587 g/mol. The summed E-state index contributed by atoms with van der Waals surface area (Å²) in [5.41, 5.74) is 9.60. The molecule has 0 saturated heterocycles. The van der Waals surface area contributed by atoms with Crippen molar-refractivity contribution in [3.05, 3.63) is 106 Å². The first kappa shape index (κ1) is 30.9. The third-order valence-corrected chi connectivity index (χ3v) is 12.5. The second kappa shape index (κ2) is 12.8. The number of hydrogen-bond donors (Lipinski definition) is 3. The van der Waals surface area contributed by atoms with Gasteiger partial charge < -0.3 is 29.9 Å². The maximum Gasteiger partial charge on any atom is 0.407 e. The number of benzene rings is 3. The second-order valence-corrected chi connectivity index (χ2v) is 16.9. The second-order valence-electron chi connectivity index (χ2n) is 12.1. The van der Waals surface area contributed by atoms with Gasteiger partial charge >= 0.3 is 6.09 Å². The minimum atomic E-state index is -2.35. The number of fused-ring (bicyclic) bond motifs is 1. The van der Waals surface area contributed by atoms with Crippen molar-refractivity contribution in [2.24, 2.45) is 0 Å². The number of carboxylic acid groups (broad SMARTS) is 1. The van der Waals surface area contributed by atoms with E-state index in [1.165, 1.54) is 11.0 Å². The quantitative estimate of drug-likeness (QED) is 0.129. The number of nitrogens with two attached hydrogens (primary N) is 1. The maximum absolute atomic E-state index is 12.5. The van der Waals surface area contributed by atoms with E-state index in [4.69, 9.17) is 14.9 Å². The molecular weight excluding hydrogens is 546 g/mol. The largest absolute Gasteiger partial charge is 0.487 e. The van der Waals surface area contributed by atoms with E-state index in [1.807, 2.05) is 66.7 Å². The molecule has 1 atom stereocenters. The SMILES string of the molecule is CC(C)(C)[Si](C)(C)O[C@@H](CN(CCc1ccc(N)cc1)C(=O)O)c1ccc(OCc2ccccc2)c2[nH]c(=O)ccc12. The van der Waals surface area contributed by atoms with Crippen LogP contribution in [0.3, 0.4) is 0 Å². The van der Waals surface area contributed by atoms with Gasteiger partial charge in [-0.15, -0.1) is 0 Å². The molecule has 1 aromatic heterocycles. The van der Waals surface area contributed by atoms with E-state index in [1.54, 1.807) is 6.07 Å². The van der Waals surface area contributed by atoms with Crippen molar-refractivity contribution in [1.29, 1.82) is 0 Å². The van der Waals surface area contributed by atoms with Crippen molar-refractivity contribution < 1.29 is 19.1 Å². The van der Waals surface area contributed by atoms with Crippen molar-refractivity contribution >= 4 is 31.0 Å². The summed E-state index contributed by atoms with van der Waals surface area (Å²) in [6.07, 6.45) is -1.04. The van der Waals surface area contributed by atoms with Crippen LogP contribution in [0.15, 0.2) is 83.7 Å². The molecule has 0 aliphatic heterocycles. The first-order valence-corrected chi connectivity index (χ1v) is 17.1. The lowest BCUT2D eigenvalue weighted by Gasteiger charge is -2.40. The molecule has 3 aromatic carbocycles. The third-order valence-electron chi connectivity index (χ3n) is 8.02. The van der Waals surface area contributed by atoms with E-state index in [0.29, 0.717) is 36.5 Å². The average Bonchev–Trinajstić information content (AvgIpc) is 2.94. The molecule has 4 N–H and O–H groups in total. The van der Waals surface area contributed by atoms with Crippen molar-refractivity contribution in [1.82, 2.24) is 9.88 Å². The molecule has 222 valence electrons. The predicted octanol–water partition coefficient (Wildman–Crippen LogP) is 6.97. The van der Waals surface area contributed by atoms with Gasteiger partial charge in [-0.1, -0.05) is 69.3 Å². The zero-order valence-electron chi connectivity index (χ0n) is 25.0. The van der Waals surface area contributed by atoms with Crippen LogP contribution in [-0.2, 0) is 17.5 Å². The zero-order valence-corrected chi connectivity index (χ0v) is 26.0. The number of hydrogen-bond acceptors (Lipinski definition) is 5. The number of aromatic nitrogens is 1. The molecule has 1 heterocycles. The molecule has 0 bridgehead atoms. The van der Waals surface area contributed by atoms with Gasteiger partial charge in [-0.25, -0.2) is 4.79 Å². The van der Waals surface area contributed by atoms with Gasteiger partial charge in [0, 0.05) is 23.7 Å². The van der Waals surface area contributed by atoms with Crippen molar-refractivity contribution in [2.75, 3.05) is 18.8 Å². The minimum absolute atomic E-state index is 0.105. The first-order valence-electron chi connectivity index (χ1n) is 14.2. The molecule has 1 amide bonds. The molecular formula is C33H41N3O5Si. The number of nitrogen functional groups attached to an aromatic ring is 1. The number of anilines is 1. The number of H-pyrrole nitrogens is 1. The van der Waals surface area contributed by atoms with E-state index in [-0.39, 0.29) is 17.1 Å². The molecule has 0 aliphatic carbocycles. The molecule has 4 aromatic rings. The fraction of sp³-hybridized carbons (Fsp3) is 0.333. The summed E-state index contributed by atoms with van der Waals surface area (Å²) >= 11 is 0. The number of amides is 1. The van der Waals surface area contributed by atoms with Crippen LogP contribution in [0.5, 0.6) is 5.75 Å². The van der Waals surface area contributed by atoms with Crippen LogP contribution in [0.2, 0.25) is 18.1 Å². The number of ether oxygens (including phenoxy) is 1. The highest BCUT2D eigenvalue weighted by molar-refractivity contribution is 6.74. The van der Waals surface area contributed by atoms with E-state index in [9.17, 15) is 14.7 Å². The van der Waals surface area contributed by atoms with Gasteiger partial charge in [0.15, 0.2) is 8.32 Å². The summed E-state index contributed by atoms with van der Waals surface area (Å²) in [6, 6.07) is 24.3. The molecule has 8 nitrogen and oxygen atoms in total. The number of pyridine rings is 1. The Hall–Kier alpha value is -4.08. The molecule has 0 spiro atoms. The smallest absolute Gasteiger partial charge is 0.407 e. The number of aromatic amines is 1. The molecule has 0 unspecified atom stereocenters. The molecule has 0 saturated carbocycles. The number of nitrogens with zero attached hydrogens (tertiary/aromatic N) is 1. The van der Waals surface area contributed by atoms with Gasteiger partial charge in [-0.05, 0) is 65.5 Å². The first-order chi connectivity index (χ1) is 19.8. The highest BCUT2D eigenvalue weighted by Crippen LogP contribution is 2.41. The average molecular weight is 588 g/mol. The Labute approximate surface area is 248 Å². The number of nitrogens with one attached hydrogen (secondary N) is 1. The standard InChI is InChI=1S/C33H41N3O5Si/c1-33(2,3)42(4,5)41-29(21-36(32(38)39)20-19-23-11-13-25(34)14-12-23)26-15-17-28(31-27(26)16-18-30(37)35-31)40-22-24-9-7-6-8-10-24/h6-18,29H,19-22,34H2,1-5H3,(H,35,37)(H,38,39)/t29-/m0/s1. The normalized spacial score (nSPS) is 12.7. The molecule has 0 fully saturated rings. The van der Waals surface area contributed by atoms with Crippen molar-refractivity contribution in [2.45, 2.75) is 58.0 Å². The Morgan fingerprint density at radius 2 is 1.67 bits per heavy atom. The van der Waals surface area contributed by atoms with Crippen molar-refractivity contribution in [3.63, 3.8) is 0 Å². The van der Waals surface area contributed by atoms with Crippen LogP contribution in [-0.4, -0.2) is 42.5 Å². The maximum atomic E-state index is 12.5. The Balaban J connectivity index is 1.71. The lowest BCUT2D eigenvalue weighted by molar-refractivity contribution is 0.102. The molecule has 4 rings (SSSR count). The summed E-state index contributed by atoms with van der Waals surface area (Å²) in [7, 11) is -2.35. The van der Waals surface area contributed by atoms with Gasteiger partial charge in [0.2, 0.25) is 5.56 Å². The molecule has 0 aliphatic rings. The fourth-order valence-electron chi connectivity index (χ4n) is 4.53. The molecule has 0 radical (unpaired) electrons. The van der Waals surface area contributed by atoms with Crippen molar-refractivity contribution in [3.8, 4) is 5.75 Å². The highest BCUT2D eigenvalue weighted by Gasteiger charge is 2.40.